The molecular weight excluding hydrogens is 444 g/mol. The van der Waals surface area contributed by atoms with Crippen LogP contribution in [0, 0.1) is 5.92 Å². The second kappa shape index (κ2) is 14.6. The maximum absolute atomic E-state index is 12.7. The zero-order valence-corrected chi connectivity index (χ0v) is 19.5. The van der Waals surface area contributed by atoms with Crippen molar-refractivity contribution in [3.05, 3.63) is 0 Å². The Morgan fingerprint density at radius 3 is 1.94 bits per heavy atom. The first kappa shape index (κ1) is 29.6. The average Bonchev–Trinajstić information content (AvgIpc) is 2.71. The van der Waals surface area contributed by atoms with E-state index in [4.69, 9.17) is 10.8 Å². The lowest BCUT2D eigenvalue weighted by Gasteiger charge is -2.27. The van der Waals surface area contributed by atoms with E-state index in [-0.39, 0.29) is 12.3 Å². The summed E-state index contributed by atoms with van der Waals surface area (Å²) in [5.74, 6) is -5.21. The molecule has 0 aliphatic carbocycles. The van der Waals surface area contributed by atoms with Crippen molar-refractivity contribution in [2.24, 2.45) is 11.7 Å². The predicted octanol–water partition coefficient (Wildman–Crippen LogP) is -1.49. The van der Waals surface area contributed by atoms with Crippen molar-refractivity contribution in [1.82, 2.24) is 16.0 Å². The van der Waals surface area contributed by atoms with Crippen LogP contribution in [0.4, 0.5) is 0 Å². The van der Waals surface area contributed by atoms with Gasteiger partial charge in [0.15, 0.2) is 0 Å². The maximum Gasteiger partial charge on any atom is 0.326 e. The number of aliphatic hydroxyl groups excluding tert-OH is 1. The van der Waals surface area contributed by atoms with Gasteiger partial charge in [-0.3, -0.25) is 19.2 Å². The molecule has 0 saturated carbocycles. The van der Waals surface area contributed by atoms with Gasteiger partial charge in [0.2, 0.25) is 17.7 Å². The van der Waals surface area contributed by atoms with Crippen molar-refractivity contribution in [3.8, 4) is 0 Å². The van der Waals surface area contributed by atoms with Gasteiger partial charge >= 0.3 is 11.9 Å². The molecule has 0 aromatic rings. The van der Waals surface area contributed by atoms with Crippen LogP contribution in [0.5, 0.6) is 0 Å². The Kier molecular flexibility index (Phi) is 13.5. The summed E-state index contributed by atoms with van der Waals surface area (Å²) < 4.78 is 0. The fraction of sp³-hybridized carbons (Fsp3) is 0.737. The van der Waals surface area contributed by atoms with Crippen LogP contribution in [0.25, 0.3) is 0 Å². The number of nitrogens with one attached hydrogen (secondary N) is 3. The number of carboxylic acid groups (broad SMARTS) is 2. The third-order valence-corrected chi connectivity index (χ3v) is 5.50. The first-order valence-electron chi connectivity index (χ1n) is 10.1. The highest BCUT2D eigenvalue weighted by Crippen LogP contribution is 2.07. The molecule has 8 N–H and O–H groups in total. The van der Waals surface area contributed by atoms with E-state index in [1.807, 2.05) is 6.92 Å². The number of carbonyl (C=O) groups excluding carboxylic acids is 3. The van der Waals surface area contributed by atoms with Crippen LogP contribution in [0.2, 0.25) is 0 Å². The number of hydrogen-bond donors (Lipinski definition) is 7. The first-order chi connectivity index (χ1) is 14.8. The van der Waals surface area contributed by atoms with E-state index in [2.05, 4.69) is 16.0 Å². The molecule has 12 nitrogen and oxygen atoms in total. The Balaban J connectivity index is 5.44. The molecule has 6 atom stereocenters. The number of nitrogens with two attached hydrogens (primary N) is 1. The zero-order valence-electron chi connectivity index (χ0n) is 18.7. The Morgan fingerprint density at radius 1 is 0.938 bits per heavy atom. The van der Waals surface area contributed by atoms with E-state index < -0.39 is 66.4 Å². The third kappa shape index (κ3) is 10.3. The summed E-state index contributed by atoms with van der Waals surface area (Å²) in [5.41, 5.74) is 5.83. The van der Waals surface area contributed by atoms with Crippen LogP contribution in [-0.4, -0.2) is 87.3 Å². The Hall–Kier alpha value is -2.38. The van der Waals surface area contributed by atoms with Crippen LogP contribution < -0.4 is 21.7 Å². The molecule has 6 unspecified atom stereocenters. The molecule has 0 aromatic carbocycles. The number of rotatable bonds is 15. The molecular formula is C19H34N4O8S. The topological polar surface area (TPSA) is 208 Å². The third-order valence-electron chi connectivity index (χ3n) is 4.86. The maximum atomic E-state index is 12.7. The molecule has 184 valence electrons. The lowest BCUT2D eigenvalue weighted by molar-refractivity contribution is -0.144. The Morgan fingerprint density at radius 2 is 1.50 bits per heavy atom. The molecule has 0 aromatic heterocycles. The van der Waals surface area contributed by atoms with Crippen molar-refractivity contribution in [2.45, 2.75) is 70.3 Å². The SMILES string of the molecule is CCC(C)C(N)C(=O)NC(C(=O)NC(CC(=O)O)C(=O)NC(CCSC)C(=O)O)C(C)O. The molecule has 0 fully saturated rings. The molecule has 13 heteroatoms. The van der Waals surface area contributed by atoms with Gasteiger partial charge in [-0.15, -0.1) is 0 Å². The Bertz CT molecular complexity index is 676. The summed E-state index contributed by atoms with van der Waals surface area (Å²) in [6.07, 6.45) is 0.230. The monoisotopic (exact) mass is 478 g/mol. The minimum absolute atomic E-state index is 0.0931. The van der Waals surface area contributed by atoms with Crippen LogP contribution in [0.3, 0.4) is 0 Å². The van der Waals surface area contributed by atoms with Gasteiger partial charge in [-0.1, -0.05) is 20.3 Å². The summed E-state index contributed by atoms with van der Waals surface area (Å²) in [6.45, 7) is 4.80. The molecule has 0 heterocycles. The van der Waals surface area contributed by atoms with Crippen LogP contribution in [0.15, 0.2) is 0 Å². The summed E-state index contributed by atoms with van der Waals surface area (Å²) in [4.78, 5) is 60.0. The second-order valence-electron chi connectivity index (χ2n) is 7.48. The number of aliphatic hydroxyl groups is 1. The van der Waals surface area contributed by atoms with E-state index in [1.165, 1.54) is 18.7 Å². The van der Waals surface area contributed by atoms with Crippen molar-refractivity contribution in [3.63, 3.8) is 0 Å². The standard InChI is InChI=1S/C19H34N4O8S/c1-5-9(2)14(20)17(28)23-15(10(3)24)18(29)22-12(8-13(25)26)16(27)21-11(19(30)31)6-7-32-4/h9-12,14-15,24H,5-8,20H2,1-4H3,(H,21,27)(H,22,29)(H,23,28)(H,25,26)(H,30,31). The largest absolute Gasteiger partial charge is 0.481 e. The van der Waals surface area contributed by atoms with E-state index in [1.54, 1.807) is 13.2 Å². The molecule has 0 aliphatic rings. The smallest absolute Gasteiger partial charge is 0.326 e. The summed E-state index contributed by atoms with van der Waals surface area (Å²) in [5, 5.41) is 35.0. The quantitative estimate of drug-likeness (QED) is 0.145. The normalized spacial score (nSPS) is 16.6. The van der Waals surface area contributed by atoms with Crippen molar-refractivity contribution >= 4 is 41.4 Å². The zero-order chi connectivity index (χ0) is 25.0. The second-order valence-corrected chi connectivity index (χ2v) is 8.46. The van der Waals surface area contributed by atoms with Crippen molar-refractivity contribution in [1.29, 1.82) is 0 Å². The van der Waals surface area contributed by atoms with Gasteiger partial charge in [-0.25, -0.2) is 4.79 Å². The van der Waals surface area contributed by atoms with Gasteiger partial charge in [0, 0.05) is 0 Å². The van der Waals surface area contributed by atoms with Crippen LogP contribution >= 0.6 is 11.8 Å². The number of carboxylic acids is 2. The number of hydrogen-bond acceptors (Lipinski definition) is 8. The molecule has 0 spiro atoms. The van der Waals surface area contributed by atoms with Gasteiger partial charge in [-0.05, 0) is 31.3 Å². The number of aliphatic carboxylic acids is 2. The van der Waals surface area contributed by atoms with E-state index in [0.29, 0.717) is 12.2 Å². The average molecular weight is 479 g/mol. The minimum atomic E-state index is -1.63. The molecule has 0 saturated heterocycles. The van der Waals surface area contributed by atoms with Crippen molar-refractivity contribution < 1.29 is 39.3 Å². The molecule has 0 aliphatic heterocycles. The number of carbonyl (C=O) groups is 5. The minimum Gasteiger partial charge on any atom is -0.481 e. The fourth-order valence-corrected chi connectivity index (χ4v) is 3.05. The molecule has 32 heavy (non-hydrogen) atoms. The fourth-order valence-electron chi connectivity index (χ4n) is 2.58. The Labute approximate surface area is 191 Å². The highest BCUT2D eigenvalue weighted by molar-refractivity contribution is 7.98. The summed E-state index contributed by atoms with van der Waals surface area (Å²) >= 11 is 1.37. The van der Waals surface area contributed by atoms with Gasteiger partial charge in [0.25, 0.3) is 0 Å². The molecule has 3 amide bonds. The number of thioether (sulfide) groups is 1. The lowest BCUT2D eigenvalue weighted by Crippen LogP contribution is -2.60. The highest BCUT2D eigenvalue weighted by atomic mass is 32.2. The van der Waals surface area contributed by atoms with E-state index >= 15 is 0 Å². The van der Waals surface area contributed by atoms with E-state index in [9.17, 15) is 34.2 Å². The van der Waals surface area contributed by atoms with Crippen molar-refractivity contribution in [2.75, 3.05) is 12.0 Å². The molecule has 0 bridgehead atoms. The first-order valence-corrected chi connectivity index (χ1v) is 11.5. The van der Waals surface area contributed by atoms with Gasteiger partial charge in [0.1, 0.15) is 18.1 Å². The van der Waals surface area contributed by atoms with Gasteiger partial charge < -0.3 is 37.0 Å². The summed E-state index contributed by atoms with van der Waals surface area (Å²) in [6, 6.07) is -5.35. The highest BCUT2D eigenvalue weighted by Gasteiger charge is 2.33. The molecule has 0 rings (SSSR count). The lowest BCUT2D eigenvalue weighted by atomic mass is 9.98. The van der Waals surface area contributed by atoms with E-state index in [0.717, 1.165) is 0 Å². The number of amides is 3. The summed E-state index contributed by atoms with van der Waals surface area (Å²) in [7, 11) is 0. The molecule has 0 radical (unpaired) electrons. The predicted molar refractivity (Wildman–Crippen MR) is 118 cm³/mol. The van der Waals surface area contributed by atoms with Gasteiger partial charge in [-0.2, -0.15) is 11.8 Å². The van der Waals surface area contributed by atoms with Crippen LogP contribution in [0.1, 0.15) is 40.0 Å². The van der Waals surface area contributed by atoms with Gasteiger partial charge in [0.05, 0.1) is 18.6 Å². The van der Waals surface area contributed by atoms with Crippen LogP contribution in [-0.2, 0) is 24.0 Å².